The number of piperazine rings is 1. The molecule has 1 saturated heterocycles. The number of fused-ring (bicyclic) bond motifs is 1. The van der Waals surface area contributed by atoms with Gasteiger partial charge < -0.3 is 14.5 Å². The summed E-state index contributed by atoms with van der Waals surface area (Å²) in [6.45, 7) is 4.98. The average Bonchev–Trinajstić information content (AvgIpc) is 2.74. The quantitative estimate of drug-likeness (QED) is 0.644. The van der Waals surface area contributed by atoms with E-state index in [-0.39, 0.29) is 11.8 Å². The second-order valence-electron chi connectivity index (χ2n) is 6.69. The van der Waals surface area contributed by atoms with Gasteiger partial charge in [-0.05, 0) is 19.1 Å². The number of aromatic nitrogens is 1. The van der Waals surface area contributed by atoms with Crippen LogP contribution in [0.3, 0.4) is 0 Å². The Balaban J connectivity index is 1.60. The van der Waals surface area contributed by atoms with Crippen molar-refractivity contribution in [3.8, 4) is 0 Å². The number of carbonyl (C=O) groups is 1. The van der Waals surface area contributed by atoms with Crippen LogP contribution in [0.2, 0.25) is 0 Å². The van der Waals surface area contributed by atoms with E-state index in [9.17, 15) is 9.18 Å². The fourth-order valence-corrected chi connectivity index (χ4v) is 3.67. The van der Waals surface area contributed by atoms with Crippen LogP contribution >= 0.6 is 0 Å². The van der Waals surface area contributed by atoms with Crippen LogP contribution in [-0.2, 0) is 4.74 Å². The minimum absolute atomic E-state index is 0.196. The number of rotatable bonds is 4. The van der Waals surface area contributed by atoms with Gasteiger partial charge in [0, 0.05) is 43.1 Å². The molecule has 0 radical (unpaired) electrons. The van der Waals surface area contributed by atoms with Gasteiger partial charge in [0.1, 0.15) is 11.6 Å². The van der Waals surface area contributed by atoms with Crippen molar-refractivity contribution in [2.24, 2.45) is 0 Å². The van der Waals surface area contributed by atoms with Crippen molar-refractivity contribution >= 4 is 28.2 Å². The van der Waals surface area contributed by atoms with Crippen molar-refractivity contribution in [2.45, 2.75) is 6.92 Å². The smallest absolute Gasteiger partial charge is 0.340 e. The fourth-order valence-electron chi connectivity index (χ4n) is 3.67. The standard InChI is InChI=1S/C22H22FN3O2/c1-2-28-22(27)18-15-24-21(17-8-4-3-7-16(17)18)26-13-11-25(12-14-26)20-10-6-5-9-19(20)23/h3-10,15H,2,11-14H2,1H3. The molecule has 1 aliphatic heterocycles. The third-order valence-electron chi connectivity index (χ3n) is 5.04. The molecule has 0 atom stereocenters. The van der Waals surface area contributed by atoms with Gasteiger partial charge in [0.25, 0.3) is 0 Å². The van der Waals surface area contributed by atoms with Crippen molar-refractivity contribution in [3.05, 3.63) is 66.1 Å². The molecule has 3 aromatic rings. The van der Waals surface area contributed by atoms with Gasteiger partial charge in [-0.15, -0.1) is 0 Å². The molecule has 6 heteroatoms. The van der Waals surface area contributed by atoms with Crippen LogP contribution in [0.15, 0.2) is 54.7 Å². The van der Waals surface area contributed by atoms with Crippen LogP contribution in [0.1, 0.15) is 17.3 Å². The highest BCUT2D eigenvalue weighted by atomic mass is 19.1. The third kappa shape index (κ3) is 3.38. The number of halogens is 1. The van der Waals surface area contributed by atoms with Gasteiger partial charge in [0.2, 0.25) is 0 Å². The lowest BCUT2D eigenvalue weighted by atomic mass is 10.1. The summed E-state index contributed by atoms with van der Waals surface area (Å²) in [5.74, 6) is 0.289. The number of hydrogen-bond acceptors (Lipinski definition) is 5. The maximum atomic E-state index is 14.1. The number of pyridine rings is 1. The van der Waals surface area contributed by atoms with E-state index >= 15 is 0 Å². The van der Waals surface area contributed by atoms with Gasteiger partial charge in [-0.2, -0.15) is 0 Å². The first-order chi connectivity index (χ1) is 13.7. The van der Waals surface area contributed by atoms with E-state index in [1.807, 2.05) is 36.4 Å². The SMILES string of the molecule is CCOC(=O)c1cnc(N2CCN(c3ccccc3F)CC2)c2ccccc12. The maximum Gasteiger partial charge on any atom is 0.340 e. The van der Waals surface area contributed by atoms with Crippen molar-refractivity contribution in [1.82, 2.24) is 4.98 Å². The molecule has 144 valence electrons. The van der Waals surface area contributed by atoms with Gasteiger partial charge in [-0.1, -0.05) is 36.4 Å². The van der Waals surface area contributed by atoms with E-state index in [2.05, 4.69) is 14.8 Å². The highest BCUT2D eigenvalue weighted by molar-refractivity contribution is 6.07. The van der Waals surface area contributed by atoms with Crippen molar-refractivity contribution in [2.75, 3.05) is 42.6 Å². The summed E-state index contributed by atoms with van der Waals surface area (Å²) in [7, 11) is 0. The number of anilines is 2. The second-order valence-corrected chi connectivity index (χ2v) is 6.69. The van der Waals surface area contributed by atoms with Crippen molar-refractivity contribution < 1.29 is 13.9 Å². The Kier molecular flexibility index (Phi) is 5.10. The molecule has 0 bridgehead atoms. The highest BCUT2D eigenvalue weighted by Gasteiger charge is 2.23. The minimum atomic E-state index is -0.359. The Labute approximate surface area is 163 Å². The molecule has 1 fully saturated rings. The van der Waals surface area contributed by atoms with Gasteiger partial charge >= 0.3 is 5.97 Å². The van der Waals surface area contributed by atoms with E-state index in [0.29, 0.717) is 30.9 Å². The predicted molar refractivity (Wildman–Crippen MR) is 109 cm³/mol. The predicted octanol–water partition coefficient (Wildman–Crippen LogP) is 3.88. The zero-order chi connectivity index (χ0) is 19.5. The summed E-state index contributed by atoms with van der Waals surface area (Å²) in [5, 5.41) is 1.76. The zero-order valence-electron chi connectivity index (χ0n) is 15.8. The summed E-state index contributed by atoms with van der Waals surface area (Å²) >= 11 is 0. The molecule has 0 spiro atoms. The van der Waals surface area contributed by atoms with Gasteiger partial charge in [0.15, 0.2) is 0 Å². The summed E-state index contributed by atoms with van der Waals surface area (Å²) in [4.78, 5) is 21.1. The highest BCUT2D eigenvalue weighted by Crippen LogP contribution is 2.29. The molecule has 0 unspecified atom stereocenters. The van der Waals surface area contributed by atoms with Crippen LogP contribution in [0.4, 0.5) is 15.9 Å². The molecule has 0 saturated carbocycles. The fraction of sp³-hybridized carbons (Fsp3) is 0.273. The number of nitrogens with zero attached hydrogens (tertiary/aromatic N) is 3. The number of hydrogen-bond donors (Lipinski definition) is 0. The topological polar surface area (TPSA) is 45.7 Å². The van der Waals surface area contributed by atoms with Crippen LogP contribution < -0.4 is 9.80 Å². The average molecular weight is 379 g/mol. The molecule has 0 N–H and O–H groups in total. The third-order valence-corrected chi connectivity index (χ3v) is 5.04. The molecular weight excluding hydrogens is 357 g/mol. The molecule has 4 rings (SSSR count). The molecule has 1 aromatic heterocycles. The molecule has 5 nitrogen and oxygen atoms in total. The number of para-hydroxylation sites is 1. The lowest BCUT2D eigenvalue weighted by Crippen LogP contribution is -2.47. The van der Waals surface area contributed by atoms with Crippen LogP contribution in [-0.4, -0.2) is 43.7 Å². The first-order valence-electron chi connectivity index (χ1n) is 9.48. The molecule has 28 heavy (non-hydrogen) atoms. The normalized spacial score (nSPS) is 14.4. The van der Waals surface area contributed by atoms with Crippen LogP contribution in [0.5, 0.6) is 0 Å². The Hall–Kier alpha value is -3.15. The van der Waals surface area contributed by atoms with E-state index in [1.54, 1.807) is 19.2 Å². The van der Waals surface area contributed by atoms with Crippen molar-refractivity contribution in [3.63, 3.8) is 0 Å². The monoisotopic (exact) mass is 379 g/mol. The van der Waals surface area contributed by atoms with E-state index in [4.69, 9.17) is 4.74 Å². The molecule has 1 aliphatic rings. The van der Waals surface area contributed by atoms with Gasteiger partial charge in [0.05, 0.1) is 17.9 Å². The Bertz CT molecular complexity index is 1000. The summed E-state index contributed by atoms with van der Waals surface area (Å²) < 4.78 is 19.2. The molecule has 0 aliphatic carbocycles. The van der Waals surface area contributed by atoms with E-state index in [0.717, 1.165) is 29.7 Å². The number of esters is 1. The van der Waals surface area contributed by atoms with E-state index in [1.165, 1.54) is 6.07 Å². The Morgan fingerprint density at radius 3 is 2.36 bits per heavy atom. The number of benzene rings is 2. The first kappa shape index (κ1) is 18.2. The van der Waals surface area contributed by atoms with Crippen LogP contribution in [0, 0.1) is 5.82 Å². The van der Waals surface area contributed by atoms with Gasteiger partial charge in [-0.25, -0.2) is 14.2 Å². The summed E-state index contributed by atoms with van der Waals surface area (Å²) in [5.41, 5.74) is 1.11. The largest absolute Gasteiger partial charge is 0.462 e. The summed E-state index contributed by atoms with van der Waals surface area (Å²) in [6.07, 6.45) is 1.60. The van der Waals surface area contributed by atoms with Crippen LogP contribution in [0.25, 0.3) is 10.8 Å². The zero-order valence-corrected chi connectivity index (χ0v) is 15.8. The molecule has 2 aromatic carbocycles. The summed E-state index contributed by atoms with van der Waals surface area (Å²) in [6, 6.07) is 14.6. The molecular formula is C22H22FN3O2. The lowest BCUT2D eigenvalue weighted by molar-refractivity contribution is 0.0528. The number of carbonyl (C=O) groups excluding carboxylic acids is 1. The lowest BCUT2D eigenvalue weighted by Gasteiger charge is -2.37. The Morgan fingerprint density at radius 2 is 1.64 bits per heavy atom. The van der Waals surface area contributed by atoms with E-state index < -0.39 is 0 Å². The maximum absolute atomic E-state index is 14.1. The minimum Gasteiger partial charge on any atom is -0.462 e. The first-order valence-corrected chi connectivity index (χ1v) is 9.48. The van der Waals surface area contributed by atoms with Gasteiger partial charge in [-0.3, -0.25) is 0 Å². The van der Waals surface area contributed by atoms with Crippen molar-refractivity contribution in [1.29, 1.82) is 0 Å². The molecule has 2 heterocycles. The Morgan fingerprint density at radius 1 is 1.00 bits per heavy atom. The number of ether oxygens (including phenoxy) is 1. The second kappa shape index (κ2) is 7.84. The molecule has 0 amide bonds.